The lowest BCUT2D eigenvalue weighted by Crippen LogP contribution is -2.47. The summed E-state index contributed by atoms with van der Waals surface area (Å²) >= 11 is 7.32. The average molecular weight is 601 g/mol. The number of carbonyl (C=O) groups is 1. The van der Waals surface area contributed by atoms with Gasteiger partial charge in [0.1, 0.15) is 5.60 Å². The van der Waals surface area contributed by atoms with Crippen LogP contribution in [0.25, 0.3) is 0 Å². The van der Waals surface area contributed by atoms with Gasteiger partial charge in [0.25, 0.3) is 0 Å². The van der Waals surface area contributed by atoms with E-state index in [9.17, 15) is 15.1 Å². The van der Waals surface area contributed by atoms with E-state index in [4.69, 9.17) is 4.98 Å². The van der Waals surface area contributed by atoms with Crippen molar-refractivity contribution in [3.63, 3.8) is 0 Å². The Morgan fingerprint density at radius 1 is 1.17 bits per heavy atom. The number of hydrogen-bond donors (Lipinski definition) is 1. The number of likely N-dealkylation sites (tertiary alicyclic amines) is 1. The molecule has 5 rings (SSSR count). The zero-order chi connectivity index (χ0) is 24.7. The van der Waals surface area contributed by atoms with E-state index in [0.717, 1.165) is 60.0 Å². The van der Waals surface area contributed by atoms with Crippen LogP contribution in [0.1, 0.15) is 46.4 Å². The molecule has 1 fully saturated rings. The van der Waals surface area contributed by atoms with Crippen molar-refractivity contribution in [2.45, 2.75) is 44.6 Å². The van der Waals surface area contributed by atoms with Gasteiger partial charge in [0.2, 0.25) is 5.91 Å². The van der Waals surface area contributed by atoms with E-state index in [-0.39, 0.29) is 18.2 Å². The van der Waals surface area contributed by atoms with Gasteiger partial charge in [0.15, 0.2) is 12.4 Å². The van der Waals surface area contributed by atoms with Gasteiger partial charge in [-0.1, -0.05) is 22.0 Å². The number of nitrogens with zero attached hydrogens (tertiary/aromatic N) is 3. The quantitative estimate of drug-likeness (QED) is 0.358. The molecule has 1 unspecified atom stereocenters. The first-order valence-corrected chi connectivity index (χ1v) is 13.5. The standard InChI is InChI=1S/C27H27Br2N3O3/c1-17-12-19-2-3-20-15-22(28)16-30-26(20)27(34,25(19)23(29)13-17)21-6-8-31(9-7-21)24(33)14-18-4-10-32(35)11-5-18/h4-5,10-13,15-16,21,34H,2-3,6-9,14H2,1H3. The highest BCUT2D eigenvalue weighted by atomic mass is 79.9. The normalized spacial score (nSPS) is 20.2. The van der Waals surface area contributed by atoms with Crippen molar-refractivity contribution >= 4 is 37.8 Å². The molecule has 1 amide bonds. The number of carbonyl (C=O) groups excluding carboxylic acids is 1. The number of pyridine rings is 2. The van der Waals surface area contributed by atoms with E-state index in [1.807, 2.05) is 4.90 Å². The average Bonchev–Trinajstić information content (AvgIpc) is 2.95. The van der Waals surface area contributed by atoms with Crippen molar-refractivity contribution in [2.24, 2.45) is 5.92 Å². The maximum atomic E-state index is 12.9. The van der Waals surface area contributed by atoms with E-state index in [0.29, 0.717) is 25.9 Å². The fourth-order valence-electron chi connectivity index (χ4n) is 5.63. The van der Waals surface area contributed by atoms with E-state index < -0.39 is 5.60 Å². The summed E-state index contributed by atoms with van der Waals surface area (Å²) in [4.78, 5) is 19.6. The predicted molar refractivity (Wildman–Crippen MR) is 140 cm³/mol. The minimum atomic E-state index is -1.25. The van der Waals surface area contributed by atoms with Crippen LogP contribution in [0.5, 0.6) is 0 Å². The number of fused-ring (bicyclic) bond motifs is 2. The predicted octanol–water partition coefficient (Wildman–Crippen LogP) is 4.36. The lowest BCUT2D eigenvalue weighted by molar-refractivity contribution is -0.605. The maximum absolute atomic E-state index is 12.9. The SMILES string of the molecule is Cc1cc(Br)c2c(c1)CCc1cc(Br)cnc1C2(O)C1CCN(C(=O)Cc2cc[n+]([O-])cc2)CC1. The van der Waals surface area contributed by atoms with Gasteiger partial charge < -0.3 is 15.2 Å². The van der Waals surface area contributed by atoms with Crippen LogP contribution in [-0.2, 0) is 29.7 Å². The zero-order valence-corrected chi connectivity index (χ0v) is 22.7. The van der Waals surface area contributed by atoms with E-state index in [1.165, 1.54) is 12.4 Å². The van der Waals surface area contributed by atoms with Gasteiger partial charge in [-0.15, -0.1) is 0 Å². The van der Waals surface area contributed by atoms with Crippen molar-refractivity contribution < 1.29 is 14.6 Å². The molecule has 1 saturated heterocycles. The molecule has 1 aromatic carbocycles. The molecule has 182 valence electrons. The van der Waals surface area contributed by atoms with Crippen LogP contribution in [0.4, 0.5) is 0 Å². The lowest BCUT2D eigenvalue weighted by atomic mass is 9.72. The number of piperidine rings is 1. The largest absolute Gasteiger partial charge is 0.619 e. The highest BCUT2D eigenvalue weighted by Crippen LogP contribution is 2.48. The first-order chi connectivity index (χ1) is 16.8. The molecule has 3 aromatic rings. The molecule has 8 heteroatoms. The monoisotopic (exact) mass is 599 g/mol. The highest BCUT2D eigenvalue weighted by molar-refractivity contribution is 9.10. The fourth-order valence-corrected chi connectivity index (χ4v) is 6.93. The molecule has 0 spiro atoms. The third-order valence-corrected chi connectivity index (χ3v) is 8.38. The second-order valence-corrected chi connectivity index (χ2v) is 11.4. The molecule has 0 radical (unpaired) electrons. The number of hydrogen-bond acceptors (Lipinski definition) is 4. The molecule has 3 heterocycles. The Hall–Kier alpha value is -2.29. The number of halogens is 2. The smallest absolute Gasteiger partial charge is 0.226 e. The molecular weight excluding hydrogens is 574 g/mol. The third-order valence-electron chi connectivity index (χ3n) is 7.32. The van der Waals surface area contributed by atoms with E-state index in [2.05, 4.69) is 57.0 Å². The van der Waals surface area contributed by atoms with E-state index in [1.54, 1.807) is 18.3 Å². The number of amides is 1. The molecule has 0 saturated carbocycles. The minimum Gasteiger partial charge on any atom is -0.619 e. The first kappa shape index (κ1) is 24.4. The van der Waals surface area contributed by atoms with Crippen LogP contribution in [0.3, 0.4) is 0 Å². The number of benzene rings is 1. The molecule has 2 aromatic heterocycles. The molecule has 1 aliphatic carbocycles. The summed E-state index contributed by atoms with van der Waals surface area (Å²) in [6, 6.07) is 9.68. The Morgan fingerprint density at radius 2 is 1.86 bits per heavy atom. The molecule has 1 N–H and O–H groups in total. The van der Waals surface area contributed by atoms with Gasteiger partial charge in [0.05, 0.1) is 12.1 Å². The van der Waals surface area contributed by atoms with Gasteiger partial charge in [-0.05, 0) is 82.9 Å². The third kappa shape index (κ3) is 4.63. The van der Waals surface area contributed by atoms with Crippen LogP contribution in [0.2, 0.25) is 0 Å². The van der Waals surface area contributed by atoms with Crippen molar-refractivity contribution in [1.29, 1.82) is 0 Å². The maximum Gasteiger partial charge on any atom is 0.226 e. The van der Waals surface area contributed by atoms with Gasteiger partial charge >= 0.3 is 0 Å². The lowest BCUT2D eigenvalue weighted by Gasteiger charge is -2.42. The fraction of sp³-hybridized carbons (Fsp3) is 0.370. The van der Waals surface area contributed by atoms with Gasteiger partial charge in [-0.25, -0.2) is 0 Å². The molecule has 6 nitrogen and oxygen atoms in total. The number of aryl methyl sites for hydroxylation is 3. The van der Waals surface area contributed by atoms with Crippen molar-refractivity contribution in [3.05, 3.63) is 96.6 Å². The van der Waals surface area contributed by atoms with Crippen LogP contribution in [0, 0.1) is 18.0 Å². The molecular formula is C27H27Br2N3O3. The molecule has 1 aliphatic heterocycles. The van der Waals surface area contributed by atoms with Gasteiger partial charge in [-0.3, -0.25) is 9.78 Å². The summed E-state index contributed by atoms with van der Waals surface area (Å²) in [6.45, 7) is 3.22. The summed E-state index contributed by atoms with van der Waals surface area (Å²) in [6.07, 6.45) is 7.85. The molecule has 0 bridgehead atoms. The zero-order valence-electron chi connectivity index (χ0n) is 19.5. The Kier molecular flexibility index (Phi) is 6.72. The summed E-state index contributed by atoms with van der Waals surface area (Å²) < 4.78 is 2.53. The second kappa shape index (κ2) is 9.64. The Morgan fingerprint density at radius 3 is 2.57 bits per heavy atom. The summed E-state index contributed by atoms with van der Waals surface area (Å²) in [5.41, 5.74) is 4.57. The number of aromatic nitrogens is 2. The summed E-state index contributed by atoms with van der Waals surface area (Å²) in [5, 5.41) is 23.9. The van der Waals surface area contributed by atoms with Crippen molar-refractivity contribution in [3.8, 4) is 0 Å². The molecule has 35 heavy (non-hydrogen) atoms. The van der Waals surface area contributed by atoms with Crippen molar-refractivity contribution in [1.82, 2.24) is 9.88 Å². The van der Waals surface area contributed by atoms with Crippen LogP contribution < -0.4 is 4.73 Å². The minimum absolute atomic E-state index is 0.0413. The van der Waals surface area contributed by atoms with Crippen LogP contribution in [-0.4, -0.2) is 34.0 Å². The summed E-state index contributed by atoms with van der Waals surface area (Å²) in [5.74, 6) is -0.0365. The number of rotatable bonds is 3. The summed E-state index contributed by atoms with van der Waals surface area (Å²) in [7, 11) is 0. The van der Waals surface area contributed by atoms with Crippen LogP contribution in [0.15, 0.2) is 57.9 Å². The number of aliphatic hydroxyl groups is 1. The molecule has 1 atom stereocenters. The Bertz CT molecular complexity index is 1270. The van der Waals surface area contributed by atoms with Crippen molar-refractivity contribution in [2.75, 3.05) is 13.1 Å². The Balaban J connectivity index is 1.44. The topological polar surface area (TPSA) is 80.4 Å². The highest BCUT2D eigenvalue weighted by Gasteiger charge is 2.47. The van der Waals surface area contributed by atoms with Gasteiger partial charge in [0, 0.05) is 51.8 Å². The molecule has 2 aliphatic rings. The Labute approximate surface area is 221 Å². The van der Waals surface area contributed by atoms with E-state index >= 15 is 0 Å². The van der Waals surface area contributed by atoms with Gasteiger partial charge in [-0.2, -0.15) is 4.73 Å². The van der Waals surface area contributed by atoms with Crippen LogP contribution >= 0.6 is 31.9 Å². The first-order valence-electron chi connectivity index (χ1n) is 11.9. The second-order valence-electron chi connectivity index (χ2n) is 9.61.